The molecule has 0 bridgehead atoms. The molecule has 0 aliphatic carbocycles. The molecule has 21 heavy (non-hydrogen) atoms. The first-order valence-electron chi connectivity index (χ1n) is 6.02. The van der Waals surface area contributed by atoms with Gasteiger partial charge in [-0.05, 0) is 37.3 Å². The highest BCUT2D eigenvalue weighted by molar-refractivity contribution is 5.59. The molecule has 0 saturated carbocycles. The van der Waals surface area contributed by atoms with Crippen LogP contribution in [0.4, 0.5) is 5.69 Å². The molecule has 0 spiro atoms. The monoisotopic (exact) mass is 274 g/mol. The number of benzene rings is 1. The van der Waals surface area contributed by atoms with Gasteiger partial charge >= 0.3 is 0 Å². The van der Waals surface area contributed by atoms with Crippen LogP contribution in [0.5, 0.6) is 0 Å². The van der Waals surface area contributed by atoms with E-state index in [-0.39, 0.29) is 11.3 Å². The third kappa shape index (κ3) is 3.07. The fourth-order valence-electron chi connectivity index (χ4n) is 1.68. The molecule has 1 N–H and O–H groups in total. The van der Waals surface area contributed by atoms with Crippen molar-refractivity contribution in [1.82, 2.24) is 9.78 Å². The van der Waals surface area contributed by atoms with E-state index in [2.05, 4.69) is 10.4 Å². The summed E-state index contributed by atoms with van der Waals surface area (Å²) in [5, 5.41) is 33.6. The van der Waals surface area contributed by atoms with Crippen molar-refractivity contribution in [2.75, 3.05) is 5.32 Å². The largest absolute Gasteiger partial charge is 0.345 e. The van der Waals surface area contributed by atoms with Crippen molar-refractivity contribution in [1.29, 1.82) is 15.8 Å². The van der Waals surface area contributed by atoms with Crippen LogP contribution in [-0.4, -0.2) is 9.78 Å². The minimum Gasteiger partial charge on any atom is -0.345 e. The van der Waals surface area contributed by atoms with Gasteiger partial charge in [-0.1, -0.05) is 0 Å². The number of hydrogen-bond acceptors (Lipinski definition) is 5. The molecular formula is C15H10N6. The lowest BCUT2D eigenvalue weighted by molar-refractivity contribution is 0.863. The Bertz CT molecular complexity index is 790. The lowest BCUT2D eigenvalue weighted by Crippen LogP contribution is -2.01. The summed E-state index contributed by atoms with van der Waals surface area (Å²) >= 11 is 0. The molecule has 1 aromatic heterocycles. The average molecular weight is 274 g/mol. The van der Waals surface area contributed by atoms with E-state index in [0.717, 1.165) is 11.4 Å². The van der Waals surface area contributed by atoms with E-state index in [1.54, 1.807) is 29.0 Å². The number of anilines is 1. The second-order valence-electron chi connectivity index (χ2n) is 4.16. The average Bonchev–Trinajstić information content (AvgIpc) is 2.94. The lowest BCUT2D eigenvalue weighted by atomic mass is 10.2. The zero-order valence-corrected chi connectivity index (χ0v) is 11.2. The van der Waals surface area contributed by atoms with E-state index in [4.69, 9.17) is 15.8 Å². The van der Waals surface area contributed by atoms with Gasteiger partial charge in [0.1, 0.15) is 23.9 Å². The van der Waals surface area contributed by atoms with Gasteiger partial charge in [0, 0.05) is 11.9 Å². The first-order valence-corrected chi connectivity index (χ1v) is 6.02. The molecule has 1 heterocycles. The highest BCUT2D eigenvalue weighted by Crippen LogP contribution is 2.15. The zero-order chi connectivity index (χ0) is 15.2. The van der Waals surface area contributed by atoms with Crippen LogP contribution in [0, 0.1) is 40.9 Å². The van der Waals surface area contributed by atoms with Gasteiger partial charge in [-0.3, -0.25) is 0 Å². The van der Waals surface area contributed by atoms with Crippen LogP contribution in [-0.2, 0) is 0 Å². The van der Waals surface area contributed by atoms with E-state index in [0.29, 0.717) is 5.69 Å². The van der Waals surface area contributed by atoms with E-state index in [9.17, 15) is 0 Å². The van der Waals surface area contributed by atoms with Crippen molar-refractivity contribution >= 4 is 5.69 Å². The molecule has 0 radical (unpaired) electrons. The predicted octanol–water partition coefficient (Wildman–Crippen LogP) is 2.42. The fraction of sp³-hybridized carbons (Fsp3) is 0.0667. The molecule has 0 atom stereocenters. The molecular weight excluding hydrogens is 264 g/mol. The van der Waals surface area contributed by atoms with Crippen molar-refractivity contribution < 1.29 is 0 Å². The summed E-state index contributed by atoms with van der Waals surface area (Å²) in [4.78, 5) is 0. The van der Waals surface area contributed by atoms with Crippen LogP contribution < -0.4 is 5.32 Å². The molecule has 2 aromatic rings. The third-order valence-corrected chi connectivity index (χ3v) is 2.71. The van der Waals surface area contributed by atoms with Crippen molar-refractivity contribution in [3.05, 3.63) is 53.5 Å². The van der Waals surface area contributed by atoms with Crippen molar-refractivity contribution in [2.24, 2.45) is 0 Å². The molecule has 0 aliphatic rings. The number of nitriles is 3. The van der Waals surface area contributed by atoms with Gasteiger partial charge in [0.25, 0.3) is 0 Å². The summed E-state index contributed by atoms with van der Waals surface area (Å²) in [6, 6.07) is 14.2. The van der Waals surface area contributed by atoms with E-state index in [1.807, 2.05) is 37.4 Å². The maximum Gasteiger partial charge on any atom is 0.163 e. The Balaban J connectivity index is 2.25. The molecule has 0 aliphatic heterocycles. The summed E-state index contributed by atoms with van der Waals surface area (Å²) < 4.78 is 1.73. The molecule has 6 nitrogen and oxygen atoms in total. The first-order chi connectivity index (χ1) is 10.2. The van der Waals surface area contributed by atoms with Gasteiger partial charge in [-0.25, -0.2) is 4.68 Å². The first kappa shape index (κ1) is 13.9. The Hall–Kier alpha value is -3.56. The van der Waals surface area contributed by atoms with Crippen LogP contribution in [0.3, 0.4) is 0 Å². The Labute approximate surface area is 121 Å². The maximum atomic E-state index is 8.97. The predicted molar refractivity (Wildman–Crippen MR) is 75.8 cm³/mol. The third-order valence-electron chi connectivity index (χ3n) is 2.71. The van der Waals surface area contributed by atoms with E-state index < -0.39 is 0 Å². The van der Waals surface area contributed by atoms with Gasteiger partial charge < -0.3 is 5.32 Å². The maximum absolute atomic E-state index is 8.97. The van der Waals surface area contributed by atoms with Gasteiger partial charge in [-0.2, -0.15) is 20.9 Å². The molecule has 2 rings (SSSR count). The van der Waals surface area contributed by atoms with Crippen LogP contribution in [0.15, 0.2) is 47.8 Å². The van der Waals surface area contributed by atoms with Crippen LogP contribution in [0.2, 0.25) is 0 Å². The summed E-state index contributed by atoms with van der Waals surface area (Å²) in [5.74, 6) is 0. The SMILES string of the molecule is Cc1ccn(-c2ccc(NC(C#N)=C(C#N)C#N)cc2)n1. The summed E-state index contributed by atoms with van der Waals surface area (Å²) in [7, 11) is 0. The number of nitrogens with one attached hydrogen (secondary N) is 1. The molecule has 0 unspecified atom stereocenters. The second-order valence-corrected chi connectivity index (χ2v) is 4.16. The quantitative estimate of drug-likeness (QED) is 0.866. The number of hydrogen-bond donors (Lipinski definition) is 1. The van der Waals surface area contributed by atoms with Gasteiger partial charge in [-0.15, -0.1) is 0 Å². The van der Waals surface area contributed by atoms with Gasteiger partial charge in [0.2, 0.25) is 0 Å². The Morgan fingerprint density at radius 3 is 2.19 bits per heavy atom. The minimum absolute atomic E-state index is 0.0670. The van der Waals surface area contributed by atoms with Crippen LogP contribution in [0.25, 0.3) is 5.69 Å². The molecule has 100 valence electrons. The summed E-state index contributed by atoms with van der Waals surface area (Å²) in [5.41, 5.74) is 2.09. The second kappa shape index (κ2) is 6.06. The Kier molecular flexibility index (Phi) is 4.00. The Morgan fingerprint density at radius 2 is 1.71 bits per heavy atom. The molecule has 0 amide bonds. The molecule has 0 fully saturated rings. The summed E-state index contributed by atoms with van der Waals surface area (Å²) in [6.07, 6.45) is 1.85. The van der Waals surface area contributed by atoms with Crippen LogP contribution in [0.1, 0.15) is 5.69 Å². The van der Waals surface area contributed by atoms with Crippen molar-refractivity contribution in [2.45, 2.75) is 6.92 Å². The van der Waals surface area contributed by atoms with Gasteiger partial charge in [0.15, 0.2) is 5.57 Å². The normalized spacial score (nSPS) is 9.05. The minimum atomic E-state index is -0.246. The summed E-state index contributed by atoms with van der Waals surface area (Å²) in [6.45, 7) is 1.90. The van der Waals surface area contributed by atoms with Crippen molar-refractivity contribution in [3.63, 3.8) is 0 Å². The molecule has 0 saturated heterocycles. The number of rotatable bonds is 3. The van der Waals surface area contributed by atoms with Gasteiger partial charge in [0.05, 0.1) is 11.4 Å². The van der Waals surface area contributed by atoms with Crippen LogP contribution >= 0.6 is 0 Å². The Morgan fingerprint density at radius 1 is 1.05 bits per heavy atom. The molecule has 1 aromatic carbocycles. The highest BCUT2D eigenvalue weighted by atomic mass is 15.3. The number of aromatic nitrogens is 2. The number of allylic oxidation sites excluding steroid dienone is 2. The van der Waals surface area contributed by atoms with E-state index in [1.165, 1.54) is 0 Å². The highest BCUT2D eigenvalue weighted by Gasteiger charge is 2.06. The zero-order valence-electron chi connectivity index (χ0n) is 11.2. The number of aryl methyl sites for hydroxylation is 1. The lowest BCUT2D eigenvalue weighted by Gasteiger charge is -2.06. The number of nitrogens with zero attached hydrogens (tertiary/aromatic N) is 5. The topological polar surface area (TPSA) is 101 Å². The van der Waals surface area contributed by atoms with Crippen molar-refractivity contribution in [3.8, 4) is 23.9 Å². The fourth-order valence-corrected chi connectivity index (χ4v) is 1.68. The smallest absolute Gasteiger partial charge is 0.163 e. The van der Waals surface area contributed by atoms with E-state index >= 15 is 0 Å². The standard InChI is InChI=1S/C15H10N6/c1-11-6-7-21(20-11)14-4-2-13(3-5-14)19-15(10-18)12(8-16)9-17/h2-7,19H,1H3. The molecule has 6 heteroatoms.